The summed E-state index contributed by atoms with van der Waals surface area (Å²) < 4.78 is 11.0. The van der Waals surface area contributed by atoms with Crippen molar-refractivity contribution in [2.24, 2.45) is 5.92 Å². The number of hydrogen-bond donors (Lipinski definition) is 2. The standard InChI is InChI=1S/C19H29ClN2O3/c1-3-4-10-25-18-16(20)11-15(12-17(18)24-2)19(23)22-9-7-14-6-5-8-21-13-14/h11-12,14,21H,3-10,13H2,1-2H3,(H,22,23). The lowest BCUT2D eigenvalue weighted by Gasteiger charge is -2.22. The average Bonchev–Trinajstić information content (AvgIpc) is 2.63. The molecule has 5 nitrogen and oxygen atoms in total. The Morgan fingerprint density at radius 2 is 2.28 bits per heavy atom. The summed E-state index contributed by atoms with van der Waals surface area (Å²) in [4.78, 5) is 12.4. The van der Waals surface area contributed by atoms with E-state index >= 15 is 0 Å². The molecule has 6 heteroatoms. The van der Waals surface area contributed by atoms with Crippen molar-refractivity contribution in [3.05, 3.63) is 22.7 Å². The Hall–Kier alpha value is -1.46. The van der Waals surface area contributed by atoms with Gasteiger partial charge >= 0.3 is 0 Å². The van der Waals surface area contributed by atoms with Crippen LogP contribution in [0.4, 0.5) is 0 Å². The van der Waals surface area contributed by atoms with E-state index in [1.54, 1.807) is 19.2 Å². The maximum Gasteiger partial charge on any atom is 0.251 e. The number of hydrogen-bond acceptors (Lipinski definition) is 4. The number of carbonyl (C=O) groups is 1. The van der Waals surface area contributed by atoms with Crippen LogP contribution in [0.2, 0.25) is 5.02 Å². The molecule has 140 valence electrons. The van der Waals surface area contributed by atoms with E-state index in [2.05, 4.69) is 17.6 Å². The summed E-state index contributed by atoms with van der Waals surface area (Å²) in [7, 11) is 1.55. The summed E-state index contributed by atoms with van der Waals surface area (Å²) in [6, 6.07) is 3.33. The van der Waals surface area contributed by atoms with Gasteiger partial charge in [0.15, 0.2) is 11.5 Å². The van der Waals surface area contributed by atoms with Crippen LogP contribution in [0.5, 0.6) is 11.5 Å². The Morgan fingerprint density at radius 1 is 1.44 bits per heavy atom. The Morgan fingerprint density at radius 3 is 2.96 bits per heavy atom. The first kappa shape index (κ1) is 19.9. The Labute approximate surface area is 155 Å². The predicted molar refractivity (Wildman–Crippen MR) is 101 cm³/mol. The molecule has 1 atom stereocenters. The van der Waals surface area contributed by atoms with Gasteiger partial charge in [-0.05, 0) is 56.8 Å². The van der Waals surface area contributed by atoms with E-state index in [9.17, 15) is 4.79 Å². The Kier molecular flexibility index (Phi) is 8.35. The summed E-state index contributed by atoms with van der Waals surface area (Å²) >= 11 is 6.30. The third kappa shape index (κ3) is 6.08. The van der Waals surface area contributed by atoms with Gasteiger partial charge in [-0.3, -0.25) is 4.79 Å². The third-order valence-electron chi connectivity index (χ3n) is 4.47. The smallest absolute Gasteiger partial charge is 0.251 e. The first-order valence-corrected chi connectivity index (χ1v) is 9.52. The molecule has 1 aliphatic heterocycles. The maximum absolute atomic E-state index is 12.4. The highest BCUT2D eigenvalue weighted by molar-refractivity contribution is 6.32. The SMILES string of the molecule is CCCCOc1c(Cl)cc(C(=O)NCCC2CCCNC2)cc1OC. The minimum absolute atomic E-state index is 0.135. The van der Waals surface area contributed by atoms with Gasteiger partial charge in [-0.15, -0.1) is 0 Å². The molecular formula is C19H29ClN2O3. The van der Waals surface area contributed by atoms with Crippen LogP contribution in [0.15, 0.2) is 12.1 Å². The molecule has 1 aliphatic rings. The normalized spacial score (nSPS) is 17.2. The number of methoxy groups -OCH3 is 1. The summed E-state index contributed by atoms with van der Waals surface area (Å²) in [6.45, 7) is 5.49. The quantitative estimate of drug-likeness (QED) is 0.653. The molecule has 0 bridgehead atoms. The third-order valence-corrected chi connectivity index (χ3v) is 4.75. The lowest BCUT2D eigenvalue weighted by Crippen LogP contribution is -2.33. The van der Waals surface area contributed by atoms with E-state index in [4.69, 9.17) is 21.1 Å². The molecule has 0 aromatic heterocycles. The van der Waals surface area contributed by atoms with Gasteiger partial charge in [-0.2, -0.15) is 0 Å². The summed E-state index contributed by atoms with van der Waals surface area (Å²) in [5.74, 6) is 1.50. The molecule has 1 amide bonds. The molecule has 2 N–H and O–H groups in total. The van der Waals surface area contributed by atoms with E-state index in [1.807, 2.05) is 0 Å². The number of unbranched alkanes of at least 4 members (excludes halogenated alkanes) is 1. The lowest BCUT2D eigenvalue weighted by molar-refractivity contribution is 0.0950. The number of halogens is 1. The van der Waals surface area contributed by atoms with Crippen LogP contribution in [-0.2, 0) is 0 Å². The van der Waals surface area contributed by atoms with E-state index in [0.29, 0.717) is 41.2 Å². The second-order valence-corrected chi connectivity index (χ2v) is 6.86. The molecule has 1 saturated heterocycles. The highest BCUT2D eigenvalue weighted by atomic mass is 35.5. The molecule has 0 saturated carbocycles. The molecule has 1 aromatic carbocycles. The lowest BCUT2D eigenvalue weighted by atomic mass is 9.96. The van der Waals surface area contributed by atoms with Gasteiger partial charge in [0.2, 0.25) is 0 Å². The van der Waals surface area contributed by atoms with Gasteiger partial charge in [0.1, 0.15) is 0 Å². The van der Waals surface area contributed by atoms with Crippen molar-refractivity contribution in [2.75, 3.05) is 33.4 Å². The minimum Gasteiger partial charge on any atom is -0.493 e. The van der Waals surface area contributed by atoms with Gasteiger partial charge in [0.25, 0.3) is 5.91 Å². The average molecular weight is 369 g/mol. The number of benzene rings is 1. The number of amides is 1. The van der Waals surface area contributed by atoms with Gasteiger partial charge in [0.05, 0.1) is 18.7 Å². The number of piperidine rings is 1. The second kappa shape index (κ2) is 10.5. The van der Waals surface area contributed by atoms with Crippen LogP contribution in [0.25, 0.3) is 0 Å². The first-order valence-electron chi connectivity index (χ1n) is 9.15. The number of carbonyl (C=O) groups excluding carboxylic acids is 1. The van der Waals surface area contributed by atoms with Crippen molar-refractivity contribution < 1.29 is 14.3 Å². The zero-order chi connectivity index (χ0) is 18.1. The Bertz CT molecular complexity index is 560. The highest BCUT2D eigenvalue weighted by Crippen LogP contribution is 2.36. The van der Waals surface area contributed by atoms with Crippen molar-refractivity contribution in [1.82, 2.24) is 10.6 Å². The first-order chi connectivity index (χ1) is 12.2. The van der Waals surface area contributed by atoms with Gasteiger partial charge < -0.3 is 20.1 Å². The van der Waals surface area contributed by atoms with Crippen molar-refractivity contribution in [3.63, 3.8) is 0 Å². The fourth-order valence-corrected chi connectivity index (χ4v) is 3.24. The van der Waals surface area contributed by atoms with Gasteiger partial charge in [-0.1, -0.05) is 24.9 Å². The fraction of sp³-hybridized carbons (Fsp3) is 0.632. The fourth-order valence-electron chi connectivity index (χ4n) is 2.97. The van der Waals surface area contributed by atoms with Crippen molar-refractivity contribution in [1.29, 1.82) is 0 Å². The number of ether oxygens (including phenoxy) is 2. The zero-order valence-electron chi connectivity index (χ0n) is 15.2. The van der Waals surface area contributed by atoms with Crippen molar-refractivity contribution in [2.45, 2.75) is 39.0 Å². The molecule has 0 aliphatic carbocycles. The largest absolute Gasteiger partial charge is 0.493 e. The van der Waals surface area contributed by atoms with Crippen LogP contribution >= 0.6 is 11.6 Å². The van der Waals surface area contributed by atoms with E-state index in [0.717, 1.165) is 32.4 Å². The molecule has 0 spiro atoms. The maximum atomic E-state index is 12.4. The van der Waals surface area contributed by atoms with Crippen molar-refractivity contribution >= 4 is 17.5 Å². The van der Waals surface area contributed by atoms with E-state index in [-0.39, 0.29) is 5.91 Å². The monoisotopic (exact) mass is 368 g/mol. The van der Waals surface area contributed by atoms with E-state index in [1.165, 1.54) is 12.8 Å². The summed E-state index contributed by atoms with van der Waals surface area (Å²) in [5.41, 5.74) is 0.492. The van der Waals surface area contributed by atoms with Crippen LogP contribution < -0.4 is 20.1 Å². The Balaban J connectivity index is 1.93. The predicted octanol–water partition coefficient (Wildman–Crippen LogP) is 3.65. The minimum atomic E-state index is -0.135. The molecule has 25 heavy (non-hydrogen) atoms. The summed E-state index contributed by atoms with van der Waals surface area (Å²) in [5, 5.41) is 6.77. The second-order valence-electron chi connectivity index (χ2n) is 6.45. The van der Waals surface area contributed by atoms with Gasteiger partial charge in [-0.25, -0.2) is 0 Å². The van der Waals surface area contributed by atoms with Crippen molar-refractivity contribution in [3.8, 4) is 11.5 Å². The van der Waals surface area contributed by atoms with E-state index < -0.39 is 0 Å². The van der Waals surface area contributed by atoms with Crippen LogP contribution in [-0.4, -0.2) is 39.3 Å². The van der Waals surface area contributed by atoms with Gasteiger partial charge in [0, 0.05) is 12.1 Å². The zero-order valence-corrected chi connectivity index (χ0v) is 16.0. The van der Waals surface area contributed by atoms with Crippen LogP contribution in [0.3, 0.4) is 0 Å². The highest BCUT2D eigenvalue weighted by Gasteiger charge is 2.17. The summed E-state index contributed by atoms with van der Waals surface area (Å²) in [6.07, 6.45) is 5.41. The molecule has 0 radical (unpaired) electrons. The molecule has 1 aromatic rings. The van der Waals surface area contributed by atoms with Crippen LogP contribution in [0.1, 0.15) is 49.4 Å². The van der Waals surface area contributed by atoms with Crippen LogP contribution in [0, 0.1) is 5.92 Å². The molecule has 1 heterocycles. The number of rotatable bonds is 9. The molecule has 1 fully saturated rings. The molecule has 1 unspecified atom stereocenters. The molecular weight excluding hydrogens is 340 g/mol. The number of nitrogens with one attached hydrogen (secondary N) is 2. The topological polar surface area (TPSA) is 59.6 Å². The molecule has 2 rings (SSSR count).